The first-order valence-corrected chi connectivity index (χ1v) is 32.6. The summed E-state index contributed by atoms with van der Waals surface area (Å²) in [4.78, 5) is 39.9. The van der Waals surface area contributed by atoms with Gasteiger partial charge < -0.3 is 28.5 Å². The fourth-order valence-corrected chi connectivity index (χ4v) is 10.0. The number of rotatable bonds is 57. The number of ether oxygens (including phenoxy) is 1. The van der Waals surface area contributed by atoms with Crippen molar-refractivity contribution in [2.45, 2.75) is 322 Å². The Hall–Kier alpha value is -1.51. The van der Waals surface area contributed by atoms with Crippen LogP contribution in [0.25, 0.3) is 0 Å². The molecule has 0 aromatic rings. The maximum atomic E-state index is 13.5. The molecule has 3 unspecified atom stereocenters. The maximum absolute atomic E-state index is 13.5. The molecule has 0 aromatic heterocycles. The lowest BCUT2D eigenvalue weighted by molar-refractivity contribution is -0.870. The van der Waals surface area contributed by atoms with Crippen LogP contribution < -0.4 is 10.2 Å². The Labute approximate surface area is 447 Å². The average molecular weight is 1040 g/mol. The molecule has 0 heterocycles. The van der Waals surface area contributed by atoms with Crippen molar-refractivity contribution >= 4 is 19.7 Å². The van der Waals surface area contributed by atoms with Crippen molar-refractivity contribution in [3.05, 3.63) is 24.3 Å². The van der Waals surface area contributed by atoms with Gasteiger partial charge in [0.2, 0.25) is 5.91 Å². The van der Waals surface area contributed by atoms with Crippen LogP contribution in [0, 0.1) is 0 Å². The standard InChI is InChI=1S/C62H121N2O7P/c1-7-10-13-16-19-22-25-27-29-31-32-33-35-37-40-43-46-49-52-55-62(66)71-60(53-50-47-44-41-38-24-21-18-15-12-9-3)59(58-70-72(67,68)69-57-56-64(4,5)6)63-61(65)54-51-48-45-42-39-36-34-30-28-26-23-20-17-14-11-8-2/h30,34,50,53,59-60H,7-29,31-33,35-49,51-52,54-58H2,1-6H3,(H-,63,65,67,68)/b34-30+,53-50+. The van der Waals surface area contributed by atoms with Gasteiger partial charge in [-0.05, 0) is 57.4 Å². The summed E-state index contributed by atoms with van der Waals surface area (Å²) in [6, 6.07) is -0.886. The van der Waals surface area contributed by atoms with E-state index in [1.807, 2.05) is 33.3 Å². The molecule has 0 radical (unpaired) electrons. The molecule has 0 aromatic carbocycles. The minimum atomic E-state index is -4.69. The number of amides is 1. The highest BCUT2D eigenvalue weighted by atomic mass is 31.2. The summed E-state index contributed by atoms with van der Waals surface area (Å²) in [5.74, 6) is -0.535. The van der Waals surface area contributed by atoms with E-state index in [0.29, 0.717) is 17.4 Å². The zero-order valence-corrected chi connectivity index (χ0v) is 49.6. The van der Waals surface area contributed by atoms with Crippen molar-refractivity contribution in [3.63, 3.8) is 0 Å². The average Bonchev–Trinajstić information content (AvgIpc) is 3.34. The third-order valence-corrected chi connectivity index (χ3v) is 15.1. The van der Waals surface area contributed by atoms with Gasteiger partial charge in [-0.15, -0.1) is 0 Å². The normalized spacial score (nSPS) is 13.8. The van der Waals surface area contributed by atoms with Crippen LogP contribution in [0.3, 0.4) is 0 Å². The van der Waals surface area contributed by atoms with Crippen LogP contribution >= 0.6 is 7.82 Å². The zero-order chi connectivity index (χ0) is 52.9. The molecule has 3 atom stereocenters. The number of allylic oxidation sites excluding steroid dienone is 3. The number of phosphoric acid groups is 1. The summed E-state index contributed by atoms with van der Waals surface area (Å²) < 4.78 is 30.3. The summed E-state index contributed by atoms with van der Waals surface area (Å²) in [6.45, 7) is 6.87. The van der Waals surface area contributed by atoms with Crippen molar-refractivity contribution in [2.75, 3.05) is 40.9 Å². The van der Waals surface area contributed by atoms with E-state index >= 15 is 0 Å². The predicted molar refractivity (Wildman–Crippen MR) is 307 cm³/mol. The first-order chi connectivity index (χ1) is 34.9. The summed E-state index contributed by atoms with van der Waals surface area (Å²) in [7, 11) is 1.19. The van der Waals surface area contributed by atoms with E-state index in [4.69, 9.17) is 13.8 Å². The molecule has 72 heavy (non-hydrogen) atoms. The highest BCUT2D eigenvalue weighted by Gasteiger charge is 2.27. The Kier molecular flexibility index (Phi) is 51.8. The molecule has 0 saturated carbocycles. The van der Waals surface area contributed by atoms with Crippen LogP contribution in [-0.2, 0) is 27.9 Å². The number of unbranched alkanes of at least 4 members (excludes halogenated alkanes) is 39. The van der Waals surface area contributed by atoms with E-state index in [-0.39, 0.29) is 31.5 Å². The van der Waals surface area contributed by atoms with Crippen LogP contribution in [0.15, 0.2) is 24.3 Å². The number of phosphoric ester groups is 1. The Balaban J connectivity index is 5.19. The van der Waals surface area contributed by atoms with E-state index in [1.165, 1.54) is 199 Å². The molecule has 0 bridgehead atoms. The molecular weight excluding hydrogens is 916 g/mol. The fraction of sp³-hybridized carbons (Fsp3) is 0.903. The molecule has 9 nitrogen and oxygen atoms in total. The molecule has 0 fully saturated rings. The summed E-state index contributed by atoms with van der Waals surface area (Å²) in [5.41, 5.74) is 0. The van der Waals surface area contributed by atoms with Crippen LogP contribution in [0.2, 0.25) is 0 Å². The molecule has 0 rings (SSSR count). The van der Waals surface area contributed by atoms with Gasteiger partial charge in [0.05, 0.1) is 33.8 Å². The van der Waals surface area contributed by atoms with E-state index in [2.05, 4.69) is 38.2 Å². The van der Waals surface area contributed by atoms with Gasteiger partial charge in [0.1, 0.15) is 19.3 Å². The number of esters is 1. The third-order valence-electron chi connectivity index (χ3n) is 14.1. The smallest absolute Gasteiger partial charge is 0.306 e. The van der Waals surface area contributed by atoms with E-state index in [0.717, 1.165) is 77.0 Å². The van der Waals surface area contributed by atoms with E-state index in [9.17, 15) is 19.0 Å². The molecule has 1 N–H and O–H groups in total. The Morgan fingerprint density at radius 3 is 1.18 bits per heavy atom. The van der Waals surface area contributed by atoms with Crippen molar-refractivity contribution in [2.24, 2.45) is 0 Å². The van der Waals surface area contributed by atoms with Gasteiger partial charge in [-0.1, -0.05) is 264 Å². The maximum Gasteiger partial charge on any atom is 0.306 e. The summed E-state index contributed by atoms with van der Waals surface area (Å²) in [5, 5.41) is 3.03. The second kappa shape index (κ2) is 52.9. The SMILES string of the molecule is CCCCCCCCC/C=C/CCCCCCCC(=O)NC(COP(=O)([O-])OCC[N+](C)(C)C)C(/C=C/CCCCCCCCCCC)OC(=O)CCCCCCCCCCCCCCCCCCCCC. The van der Waals surface area contributed by atoms with Crippen molar-refractivity contribution < 1.29 is 37.3 Å². The second-order valence-corrected chi connectivity index (χ2v) is 24.0. The predicted octanol–water partition coefficient (Wildman–Crippen LogP) is 18.3. The summed E-state index contributed by atoms with van der Waals surface area (Å²) in [6.07, 6.45) is 61.4. The molecule has 10 heteroatoms. The molecule has 0 aliphatic heterocycles. The van der Waals surface area contributed by atoms with Gasteiger partial charge >= 0.3 is 5.97 Å². The summed E-state index contributed by atoms with van der Waals surface area (Å²) >= 11 is 0. The number of nitrogens with zero attached hydrogens (tertiary/aromatic N) is 1. The minimum absolute atomic E-state index is 0.0205. The number of quaternary nitrogens is 1. The van der Waals surface area contributed by atoms with Crippen LogP contribution in [-0.4, -0.2) is 69.4 Å². The van der Waals surface area contributed by atoms with E-state index < -0.39 is 20.0 Å². The molecule has 0 aliphatic rings. The van der Waals surface area contributed by atoms with Gasteiger partial charge in [0.15, 0.2) is 0 Å². The van der Waals surface area contributed by atoms with Gasteiger partial charge in [-0.25, -0.2) is 0 Å². The number of likely N-dealkylation sites (N-methyl/N-ethyl adjacent to an activating group) is 1. The van der Waals surface area contributed by atoms with Crippen molar-refractivity contribution in [1.82, 2.24) is 5.32 Å². The van der Waals surface area contributed by atoms with Crippen molar-refractivity contribution in [1.29, 1.82) is 0 Å². The monoisotopic (exact) mass is 1040 g/mol. The zero-order valence-electron chi connectivity index (χ0n) is 48.7. The minimum Gasteiger partial charge on any atom is -0.756 e. The fourth-order valence-electron chi connectivity index (χ4n) is 9.28. The number of carbonyl (C=O) groups excluding carboxylic acids is 2. The van der Waals surface area contributed by atoms with Gasteiger partial charge in [0, 0.05) is 12.8 Å². The highest BCUT2D eigenvalue weighted by molar-refractivity contribution is 7.45. The third kappa shape index (κ3) is 53.3. The quantitative estimate of drug-likeness (QED) is 0.0212. The Morgan fingerprint density at radius 2 is 0.806 bits per heavy atom. The van der Waals surface area contributed by atoms with Crippen LogP contribution in [0.5, 0.6) is 0 Å². The lowest BCUT2D eigenvalue weighted by Gasteiger charge is -2.30. The molecule has 1 amide bonds. The Morgan fingerprint density at radius 1 is 0.472 bits per heavy atom. The van der Waals surface area contributed by atoms with Crippen molar-refractivity contribution in [3.8, 4) is 0 Å². The molecular formula is C62H121N2O7P. The highest BCUT2D eigenvalue weighted by Crippen LogP contribution is 2.38. The van der Waals surface area contributed by atoms with Gasteiger partial charge in [0.25, 0.3) is 7.82 Å². The number of hydrogen-bond acceptors (Lipinski definition) is 7. The molecule has 0 aliphatic carbocycles. The lowest BCUT2D eigenvalue weighted by atomic mass is 10.0. The van der Waals surface area contributed by atoms with Gasteiger partial charge in [-0.3, -0.25) is 14.2 Å². The molecule has 0 spiro atoms. The van der Waals surface area contributed by atoms with Crippen LogP contribution in [0.1, 0.15) is 310 Å². The first kappa shape index (κ1) is 70.5. The molecule has 0 saturated heterocycles. The lowest BCUT2D eigenvalue weighted by Crippen LogP contribution is -2.47. The second-order valence-electron chi connectivity index (χ2n) is 22.6. The number of carbonyl (C=O) groups is 2. The van der Waals surface area contributed by atoms with Gasteiger partial charge in [-0.2, -0.15) is 0 Å². The largest absolute Gasteiger partial charge is 0.756 e. The Bertz CT molecular complexity index is 1290. The number of nitrogens with one attached hydrogen (secondary N) is 1. The van der Waals surface area contributed by atoms with E-state index in [1.54, 1.807) is 0 Å². The molecule has 426 valence electrons. The topological polar surface area (TPSA) is 114 Å². The first-order valence-electron chi connectivity index (χ1n) is 31.1. The van der Waals surface area contributed by atoms with Crippen LogP contribution in [0.4, 0.5) is 0 Å². The number of hydrogen-bond donors (Lipinski definition) is 1.